The molecule has 3 aromatic carbocycles. The molecule has 512 valence electrons. The smallest absolute Gasteiger partial charge is 0.326 e. The third kappa shape index (κ3) is 16.2. The van der Waals surface area contributed by atoms with E-state index in [-0.39, 0.29) is 81.9 Å². The number of methoxy groups -OCH3 is 2. The number of aliphatic hydroxyl groups is 4. The number of piperazine rings is 1. The Morgan fingerprint density at radius 1 is 0.883 bits per heavy atom. The van der Waals surface area contributed by atoms with Crippen molar-refractivity contribution in [3.63, 3.8) is 0 Å². The second-order valence-electron chi connectivity index (χ2n) is 26.7. The number of halogens is 2. The van der Waals surface area contributed by atoms with Gasteiger partial charge in [-0.25, -0.2) is 4.79 Å². The summed E-state index contributed by atoms with van der Waals surface area (Å²) in [5, 5.41) is 49.4. The lowest BCUT2D eigenvalue weighted by Gasteiger charge is -2.47. The summed E-state index contributed by atoms with van der Waals surface area (Å²) in [6.45, 7) is 15.6. The summed E-state index contributed by atoms with van der Waals surface area (Å²) in [6, 6.07) is 18.1. The van der Waals surface area contributed by atoms with Crippen LogP contribution in [0.4, 0.5) is 4.79 Å². The Labute approximate surface area is 560 Å². The van der Waals surface area contributed by atoms with Gasteiger partial charge in [0.25, 0.3) is 0 Å². The van der Waals surface area contributed by atoms with Gasteiger partial charge in [-0.15, -0.1) is 0 Å². The van der Waals surface area contributed by atoms with Crippen LogP contribution in [0.15, 0.2) is 107 Å². The standard InChI is InChI=1S/C71H92Cl2N4O17/c1-39(2)91-55-31-50(88-11)25-27-52(55)67-74-60(44-16-21-47(72)22-17-44)61(45-18-23-48(73)24-19-45)77(67)69(86)76-30-29-75(58(82)35-76)34-49(80)15-13-12-14-28-70(7,8)90-38-56-63(84)66(92-43(6)79)64(85)68(93-56)94-65-59-53(40(3)36-89-42(5)78)32-57(81)71(59,9)33-54-46(37-87-10)20-26-51(54)41(4)62(65)83/h14,16-19,21-25,27-28,31,33,39-41,46,51,56-57,60-66,68,81,83-85H,12-13,15,20,26,29-30,32,34-38H2,1-11H3/b28-14+,54-33-/t40-,41-,46-,51+,56?,57+,60+,61-,62-,63?,64?,65-,66?,68?,71+/m1/s1. The molecule has 15 atom stereocenters. The zero-order chi connectivity index (χ0) is 68.1. The maximum absolute atomic E-state index is 15.3. The summed E-state index contributed by atoms with van der Waals surface area (Å²) >= 11 is 12.8. The average Bonchev–Trinajstić information content (AvgIpc) is 1.56. The molecule has 5 unspecified atom stereocenters. The molecule has 94 heavy (non-hydrogen) atoms. The van der Waals surface area contributed by atoms with Crippen molar-refractivity contribution in [1.29, 1.82) is 0 Å². The van der Waals surface area contributed by atoms with Crippen LogP contribution in [0.1, 0.15) is 130 Å². The summed E-state index contributed by atoms with van der Waals surface area (Å²) in [5.41, 5.74) is 2.39. The molecule has 0 spiro atoms. The number of Topliss-reactive ketones (excluding diaryl/α,β-unsaturated/α-hetero) is 1. The lowest BCUT2D eigenvalue weighted by molar-refractivity contribution is -0.320. The number of hydrogen-bond acceptors (Lipinski definition) is 18. The highest BCUT2D eigenvalue weighted by atomic mass is 35.5. The molecule has 0 bridgehead atoms. The van der Waals surface area contributed by atoms with Crippen molar-refractivity contribution in [2.75, 3.05) is 60.2 Å². The number of carbonyl (C=O) groups excluding carboxylic acids is 5. The molecular weight excluding hydrogens is 1250 g/mol. The number of ether oxygens (including phenoxy) is 8. The van der Waals surface area contributed by atoms with Crippen molar-refractivity contribution in [1.82, 2.24) is 14.7 Å². The number of allylic oxidation sites excluding steroid dienone is 1. The van der Waals surface area contributed by atoms with Gasteiger partial charge in [-0.05, 0) is 132 Å². The normalized spacial score (nSPS) is 29.7. The van der Waals surface area contributed by atoms with Crippen LogP contribution in [0.25, 0.3) is 0 Å². The van der Waals surface area contributed by atoms with E-state index in [9.17, 15) is 39.6 Å². The van der Waals surface area contributed by atoms with E-state index >= 15 is 4.79 Å². The number of amides is 3. The zero-order valence-corrected chi connectivity index (χ0v) is 57.1. The molecule has 6 aliphatic rings. The maximum Gasteiger partial charge on any atom is 0.326 e. The molecule has 23 heteroatoms. The van der Waals surface area contributed by atoms with Crippen LogP contribution < -0.4 is 9.47 Å². The summed E-state index contributed by atoms with van der Waals surface area (Å²) in [6.07, 6.45) is -2.70. The summed E-state index contributed by atoms with van der Waals surface area (Å²) in [4.78, 5) is 77.3. The van der Waals surface area contributed by atoms with Gasteiger partial charge in [0.2, 0.25) is 5.91 Å². The van der Waals surface area contributed by atoms with Crippen molar-refractivity contribution in [2.24, 2.45) is 34.1 Å². The van der Waals surface area contributed by atoms with E-state index in [4.69, 9.17) is 66.1 Å². The third-order valence-electron chi connectivity index (χ3n) is 19.1. The molecule has 21 nitrogen and oxygen atoms in total. The Kier molecular flexibility index (Phi) is 23.7. The molecule has 9 rings (SSSR count). The van der Waals surface area contributed by atoms with Gasteiger partial charge in [-0.3, -0.25) is 29.1 Å². The molecule has 3 heterocycles. The quantitative estimate of drug-likeness (QED) is 0.0370. The van der Waals surface area contributed by atoms with Gasteiger partial charge in [-0.1, -0.05) is 90.7 Å². The number of ketones is 1. The number of amidine groups is 1. The number of aliphatic imine (C=N–C) groups is 1. The van der Waals surface area contributed by atoms with Crippen LogP contribution in [-0.4, -0.2) is 192 Å². The molecule has 3 aromatic rings. The molecule has 1 saturated carbocycles. The molecule has 3 amide bonds. The largest absolute Gasteiger partial charge is 0.497 e. The lowest BCUT2D eigenvalue weighted by atomic mass is 9.68. The Hall–Kier alpha value is -6.24. The molecule has 4 N–H and O–H groups in total. The number of benzene rings is 3. The van der Waals surface area contributed by atoms with Gasteiger partial charge >= 0.3 is 18.0 Å². The first kappa shape index (κ1) is 72.0. The van der Waals surface area contributed by atoms with Crippen LogP contribution >= 0.6 is 23.2 Å². The number of aliphatic hydroxyl groups excluding tert-OH is 4. The topological polar surface area (TPSA) is 262 Å². The Balaban J connectivity index is 0.840. The second-order valence-corrected chi connectivity index (χ2v) is 27.6. The van der Waals surface area contributed by atoms with Crippen molar-refractivity contribution >= 4 is 58.7 Å². The number of esters is 2. The number of unbranched alkanes of at least 4 members (excludes halogenated alkanes) is 1. The predicted octanol–water partition coefficient (Wildman–Crippen LogP) is 9.33. The molecule has 0 radical (unpaired) electrons. The van der Waals surface area contributed by atoms with Crippen LogP contribution in [0, 0.1) is 29.1 Å². The summed E-state index contributed by atoms with van der Waals surface area (Å²) < 4.78 is 48.1. The highest BCUT2D eigenvalue weighted by molar-refractivity contribution is 6.30. The van der Waals surface area contributed by atoms with Gasteiger partial charge in [0, 0.05) is 73.8 Å². The van der Waals surface area contributed by atoms with Gasteiger partial charge in [-0.2, -0.15) is 0 Å². The monoisotopic (exact) mass is 1340 g/mol. The molecule has 3 aliphatic heterocycles. The van der Waals surface area contributed by atoms with Crippen molar-refractivity contribution in [3.05, 3.63) is 128 Å². The second kappa shape index (κ2) is 30.9. The Morgan fingerprint density at radius 2 is 1.57 bits per heavy atom. The average molecular weight is 1340 g/mol. The van der Waals surface area contributed by atoms with E-state index in [1.807, 2.05) is 71.0 Å². The number of fused-ring (bicyclic) bond motifs is 2. The number of carbonyl (C=O) groups is 5. The number of hydrogen-bond donors (Lipinski definition) is 4. The first-order valence-electron chi connectivity index (χ1n) is 32.5. The maximum atomic E-state index is 15.3. The molecule has 2 saturated heterocycles. The fraction of sp³-hybridized carbons (Fsp3) is 0.577. The lowest BCUT2D eigenvalue weighted by Crippen LogP contribution is -2.62. The molecule has 0 aromatic heterocycles. The summed E-state index contributed by atoms with van der Waals surface area (Å²) in [5.74, 6) is -1.31. The van der Waals surface area contributed by atoms with Crippen molar-refractivity contribution in [2.45, 2.75) is 174 Å². The number of urea groups is 1. The minimum atomic E-state index is -1.74. The first-order valence-corrected chi connectivity index (χ1v) is 33.3. The van der Waals surface area contributed by atoms with Gasteiger partial charge in [0.15, 0.2) is 18.2 Å². The van der Waals surface area contributed by atoms with Crippen LogP contribution in [0.5, 0.6) is 11.5 Å². The van der Waals surface area contributed by atoms with E-state index in [0.717, 1.165) is 42.0 Å². The number of rotatable bonds is 24. The highest BCUT2D eigenvalue weighted by Gasteiger charge is 2.56. The van der Waals surface area contributed by atoms with Crippen molar-refractivity contribution < 1.29 is 82.3 Å². The van der Waals surface area contributed by atoms with E-state index < -0.39 is 102 Å². The van der Waals surface area contributed by atoms with Crippen LogP contribution in [0.3, 0.4) is 0 Å². The van der Waals surface area contributed by atoms with Crippen molar-refractivity contribution in [3.8, 4) is 11.5 Å². The Morgan fingerprint density at radius 3 is 2.21 bits per heavy atom. The third-order valence-corrected chi connectivity index (χ3v) is 19.6. The highest BCUT2D eigenvalue weighted by Crippen LogP contribution is 2.56. The van der Waals surface area contributed by atoms with Gasteiger partial charge < -0.3 is 68.1 Å². The Bertz CT molecular complexity index is 3340. The molecule has 3 aliphatic carbocycles. The van der Waals surface area contributed by atoms with E-state index in [1.54, 1.807) is 75.4 Å². The first-order chi connectivity index (χ1) is 44.6. The fourth-order valence-electron chi connectivity index (χ4n) is 14.2. The number of nitrogens with zero attached hydrogens (tertiary/aromatic N) is 4. The predicted molar refractivity (Wildman–Crippen MR) is 351 cm³/mol. The zero-order valence-electron chi connectivity index (χ0n) is 55.6. The van der Waals surface area contributed by atoms with Crippen LogP contribution in [-0.2, 0) is 47.6 Å². The summed E-state index contributed by atoms with van der Waals surface area (Å²) in [7, 11) is 3.21. The minimum Gasteiger partial charge on any atom is -0.497 e. The fourth-order valence-corrected chi connectivity index (χ4v) is 14.4. The minimum absolute atomic E-state index is 0.00275. The van der Waals surface area contributed by atoms with Crippen LogP contribution in [0.2, 0.25) is 10.0 Å². The van der Waals surface area contributed by atoms with E-state index in [1.165, 1.54) is 16.7 Å². The molecule has 3 fully saturated rings. The van der Waals surface area contributed by atoms with E-state index in [2.05, 4.69) is 6.08 Å². The van der Waals surface area contributed by atoms with Gasteiger partial charge in [0.1, 0.15) is 54.3 Å². The SMILES string of the molecule is COC[C@H]1CC[C@@H]2/C1=C\[C@]1(C)C(=C([C@H](C)COC(C)=O)C[C@@H]1O)[C@@H](OC1OC(COC(C)(C)/C=C/CCCC(=O)CN3CCN(C(=O)N4C(c5ccc(OC)cc5OC(C)C)=N[C@@H](c5ccc(Cl)cc5)[C@H]4c4ccc(Cl)cc4)CC3=O)C(O)C(OC(C)=O)C1O)[C@H](O)[C@@H]2C. The molecular formula is C71H92Cl2N4O17. The van der Waals surface area contributed by atoms with Gasteiger partial charge in [0.05, 0.1) is 69.0 Å². The van der Waals surface area contributed by atoms with E-state index in [0.29, 0.717) is 58.0 Å².